The lowest BCUT2D eigenvalue weighted by molar-refractivity contribution is -0.177. The minimum absolute atomic E-state index is 0.0629. The second kappa shape index (κ2) is 6.32. The van der Waals surface area contributed by atoms with Gasteiger partial charge >= 0.3 is 6.11 Å². The first-order chi connectivity index (χ1) is 11.2. The third kappa shape index (κ3) is 4.04. The molecule has 0 bridgehead atoms. The van der Waals surface area contributed by atoms with Crippen LogP contribution in [0, 0.1) is 0 Å². The Bertz CT molecular complexity index is 728. The van der Waals surface area contributed by atoms with Crippen molar-refractivity contribution in [2.24, 2.45) is 0 Å². The summed E-state index contributed by atoms with van der Waals surface area (Å²) in [6, 6.07) is 4.76. The summed E-state index contributed by atoms with van der Waals surface area (Å²) in [6.07, 6.45) is -1.73. The Morgan fingerprint density at radius 1 is 1.42 bits per heavy atom. The largest absolute Gasteiger partial charge is 0.412 e. The van der Waals surface area contributed by atoms with E-state index >= 15 is 0 Å². The molecular weight excluding hydrogens is 332 g/mol. The van der Waals surface area contributed by atoms with Crippen molar-refractivity contribution in [2.45, 2.75) is 44.9 Å². The van der Waals surface area contributed by atoms with Gasteiger partial charge in [-0.2, -0.15) is 13.8 Å². The van der Waals surface area contributed by atoms with Crippen molar-refractivity contribution in [3.05, 3.63) is 18.3 Å². The van der Waals surface area contributed by atoms with Crippen molar-refractivity contribution in [1.29, 1.82) is 0 Å². The molecule has 24 heavy (non-hydrogen) atoms. The van der Waals surface area contributed by atoms with Gasteiger partial charge in [-0.25, -0.2) is 0 Å². The van der Waals surface area contributed by atoms with Crippen LogP contribution in [0.25, 0.3) is 11.0 Å². The van der Waals surface area contributed by atoms with Crippen LogP contribution in [0.15, 0.2) is 18.3 Å². The summed E-state index contributed by atoms with van der Waals surface area (Å²) < 4.78 is 39.5. The van der Waals surface area contributed by atoms with Crippen LogP contribution in [0.5, 0.6) is 5.88 Å². The lowest BCUT2D eigenvalue weighted by atomic mass is 10.3. The van der Waals surface area contributed by atoms with Crippen LogP contribution >= 0.6 is 0 Å². The molecule has 2 aromatic rings. The van der Waals surface area contributed by atoms with Crippen LogP contribution in [0.2, 0.25) is 25.7 Å². The number of nitrogens with one attached hydrogen (secondary N) is 1. The van der Waals surface area contributed by atoms with E-state index in [2.05, 4.69) is 29.9 Å². The van der Waals surface area contributed by atoms with Gasteiger partial charge in [0.2, 0.25) is 5.88 Å². The quantitative estimate of drug-likeness (QED) is 0.647. The predicted molar refractivity (Wildman–Crippen MR) is 92.5 cm³/mol. The van der Waals surface area contributed by atoms with E-state index in [4.69, 9.17) is 9.47 Å². The van der Waals surface area contributed by atoms with E-state index in [0.717, 1.165) is 11.4 Å². The maximum Gasteiger partial charge on any atom is 0.400 e. The molecule has 3 rings (SSSR count). The van der Waals surface area contributed by atoms with Crippen LogP contribution in [0.3, 0.4) is 0 Å². The molecule has 0 fully saturated rings. The lowest BCUT2D eigenvalue weighted by Gasteiger charge is -2.16. The Morgan fingerprint density at radius 3 is 2.96 bits per heavy atom. The molecule has 1 N–H and O–H groups in total. The average molecular weight is 355 g/mol. The first kappa shape index (κ1) is 17.2. The highest BCUT2D eigenvalue weighted by Crippen LogP contribution is 2.35. The van der Waals surface area contributed by atoms with Crippen LogP contribution in [-0.2, 0) is 11.5 Å². The first-order valence-electron chi connectivity index (χ1n) is 8.12. The minimum Gasteiger partial charge on any atom is -0.412 e. The van der Waals surface area contributed by atoms with E-state index in [1.807, 2.05) is 16.8 Å². The minimum atomic E-state index is -3.20. The zero-order valence-electron chi connectivity index (χ0n) is 14.2. The number of anilines is 1. The van der Waals surface area contributed by atoms with Gasteiger partial charge < -0.3 is 19.4 Å². The van der Waals surface area contributed by atoms with E-state index in [1.54, 1.807) is 6.07 Å². The van der Waals surface area contributed by atoms with E-state index < -0.39 is 14.2 Å². The molecule has 3 heterocycles. The summed E-state index contributed by atoms with van der Waals surface area (Å²) in [7, 11) is -1.14. The monoisotopic (exact) mass is 355 g/mol. The summed E-state index contributed by atoms with van der Waals surface area (Å²) in [5.41, 5.74) is 1.08. The summed E-state index contributed by atoms with van der Waals surface area (Å²) in [5.74, 6) is -0.0629. The number of hydrogen-bond acceptors (Lipinski definition) is 4. The van der Waals surface area contributed by atoms with Crippen molar-refractivity contribution in [1.82, 2.24) is 9.55 Å². The van der Waals surface area contributed by atoms with Gasteiger partial charge in [0.25, 0.3) is 0 Å². The predicted octanol–water partition coefficient (Wildman–Crippen LogP) is 4.14. The van der Waals surface area contributed by atoms with Crippen LogP contribution in [0.1, 0.15) is 6.42 Å². The molecule has 132 valence electrons. The number of aromatic nitrogens is 2. The molecule has 8 heteroatoms. The maximum atomic E-state index is 13.6. The van der Waals surface area contributed by atoms with Crippen molar-refractivity contribution in [3.63, 3.8) is 0 Å². The summed E-state index contributed by atoms with van der Waals surface area (Å²) in [4.78, 5) is 4.29. The molecule has 0 radical (unpaired) electrons. The summed E-state index contributed by atoms with van der Waals surface area (Å²) in [6.45, 7) is 8.07. The molecule has 0 saturated heterocycles. The first-order valence-corrected chi connectivity index (χ1v) is 11.8. The van der Waals surface area contributed by atoms with Crippen LogP contribution in [0.4, 0.5) is 14.5 Å². The average Bonchev–Trinajstić information content (AvgIpc) is 2.76. The van der Waals surface area contributed by atoms with Gasteiger partial charge in [0, 0.05) is 32.8 Å². The smallest absolute Gasteiger partial charge is 0.400 e. The Kier molecular flexibility index (Phi) is 4.52. The fraction of sp³-hybridized carbons (Fsp3) is 0.562. The third-order valence-corrected chi connectivity index (χ3v) is 5.61. The highest BCUT2D eigenvalue weighted by atomic mass is 28.3. The van der Waals surface area contributed by atoms with E-state index in [-0.39, 0.29) is 18.8 Å². The van der Waals surface area contributed by atoms with Gasteiger partial charge in [0.05, 0.1) is 12.1 Å². The van der Waals surface area contributed by atoms with Gasteiger partial charge in [-0.05, 0) is 18.2 Å². The fourth-order valence-corrected chi connectivity index (χ4v) is 3.24. The molecule has 0 amide bonds. The number of rotatable bonds is 5. The molecule has 0 spiro atoms. The lowest BCUT2D eigenvalue weighted by Crippen LogP contribution is -2.25. The number of fused-ring (bicyclic) bond motifs is 2. The fourth-order valence-electron chi connectivity index (χ4n) is 2.48. The standard InChI is InChI=1S/C16H23F2N3O2Si/c1-24(2,3)9-8-22-11-21-7-4-12-10-13-15(20-14(12)21)23-16(17,18)5-6-19-13/h4,7,10,19H,5-6,8-9,11H2,1-3H3. The highest BCUT2D eigenvalue weighted by Gasteiger charge is 2.35. The van der Waals surface area contributed by atoms with Crippen molar-refractivity contribution >= 4 is 24.8 Å². The van der Waals surface area contributed by atoms with Gasteiger partial charge in [0.15, 0.2) is 0 Å². The molecule has 5 nitrogen and oxygen atoms in total. The molecule has 0 atom stereocenters. The van der Waals surface area contributed by atoms with Crippen molar-refractivity contribution in [2.75, 3.05) is 18.5 Å². The van der Waals surface area contributed by atoms with Gasteiger partial charge in [-0.15, -0.1) is 0 Å². The highest BCUT2D eigenvalue weighted by molar-refractivity contribution is 6.76. The summed E-state index contributed by atoms with van der Waals surface area (Å²) in [5, 5.41) is 3.81. The molecule has 0 aliphatic carbocycles. The van der Waals surface area contributed by atoms with Gasteiger partial charge in [0.1, 0.15) is 12.4 Å². The molecule has 0 aromatic carbocycles. The van der Waals surface area contributed by atoms with E-state index in [9.17, 15) is 8.78 Å². The van der Waals surface area contributed by atoms with Crippen molar-refractivity contribution < 1.29 is 18.3 Å². The number of hydrogen-bond donors (Lipinski definition) is 1. The van der Waals surface area contributed by atoms with Gasteiger partial charge in [-0.1, -0.05) is 19.6 Å². The molecular formula is C16H23F2N3O2Si. The topological polar surface area (TPSA) is 48.3 Å². The zero-order valence-corrected chi connectivity index (χ0v) is 15.2. The Hall–Kier alpha value is -1.67. The number of halogens is 2. The maximum absolute atomic E-state index is 13.6. The molecule has 1 aliphatic rings. The Labute approximate surface area is 141 Å². The number of nitrogens with zero attached hydrogens (tertiary/aromatic N) is 2. The zero-order chi connectivity index (χ0) is 17.4. The number of alkyl halides is 2. The van der Waals surface area contributed by atoms with Crippen molar-refractivity contribution in [3.8, 4) is 5.88 Å². The van der Waals surface area contributed by atoms with Gasteiger partial charge in [-0.3, -0.25) is 0 Å². The molecule has 2 aromatic heterocycles. The number of ether oxygens (including phenoxy) is 2. The summed E-state index contributed by atoms with van der Waals surface area (Å²) >= 11 is 0. The van der Waals surface area contributed by atoms with E-state index in [1.165, 1.54) is 0 Å². The molecule has 0 unspecified atom stereocenters. The normalized spacial score (nSPS) is 17.0. The Balaban J connectivity index is 1.78. The van der Waals surface area contributed by atoms with Crippen LogP contribution in [-0.4, -0.2) is 36.9 Å². The van der Waals surface area contributed by atoms with Crippen LogP contribution < -0.4 is 10.1 Å². The second-order valence-electron chi connectivity index (χ2n) is 7.30. The SMILES string of the molecule is C[Si](C)(C)CCOCn1ccc2cc3c(nc21)OC(F)(F)CCN3. The third-order valence-electron chi connectivity index (χ3n) is 3.91. The molecule has 1 aliphatic heterocycles. The second-order valence-corrected chi connectivity index (χ2v) is 12.9. The Morgan fingerprint density at radius 2 is 2.21 bits per heavy atom. The molecule has 0 saturated carbocycles. The van der Waals surface area contributed by atoms with E-state index in [0.29, 0.717) is 24.7 Å². The number of pyridine rings is 1.